The van der Waals surface area contributed by atoms with E-state index in [1.807, 2.05) is 42.5 Å². The van der Waals surface area contributed by atoms with Gasteiger partial charge in [0.25, 0.3) is 0 Å². The predicted octanol–water partition coefficient (Wildman–Crippen LogP) is 3.32. The molecule has 5 nitrogen and oxygen atoms in total. The predicted molar refractivity (Wildman–Crippen MR) is 102 cm³/mol. The average Bonchev–Trinajstić information content (AvgIpc) is 3.16. The minimum atomic E-state index is -3.61. The molecule has 136 valence electrons. The molecular weight excluding hydrogens is 370 g/mol. The fourth-order valence-electron chi connectivity index (χ4n) is 2.44. The number of benzene rings is 2. The van der Waals surface area contributed by atoms with Crippen molar-refractivity contribution in [1.29, 1.82) is 0 Å². The number of sulfonamides is 1. The zero-order valence-corrected chi connectivity index (χ0v) is 15.8. The highest BCUT2D eigenvalue weighted by Gasteiger charge is 2.16. The molecule has 0 fully saturated rings. The fraction of sp³-hybridized carbons (Fsp3) is 0.158. The van der Waals surface area contributed by atoms with Crippen molar-refractivity contribution in [2.75, 3.05) is 7.11 Å². The molecule has 0 spiro atoms. The van der Waals surface area contributed by atoms with E-state index in [0.717, 1.165) is 15.3 Å². The lowest BCUT2D eigenvalue weighted by Crippen LogP contribution is -2.22. The summed E-state index contributed by atoms with van der Waals surface area (Å²) in [6, 6.07) is 19.2. The van der Waals surface area contributed by atoms with Crippen LogP contribution in [0.15, 0.2) is 71.6 Å². The number of rotatable bonds is 7. The lowest BCUT2D eigenvalue weighted by atomic mass is 10.1. The van der Waals surface area contributed by atoms with Gasteiger partial charge in [0.1, 0.15) is 11.9 Å². The summed E-state index contributed by atoms with van der Waals surface area (Å²) in [4.78, 5) is 1.78. The first-order valence-electron chi connectivity index (χ1n) is 7.95. The Morgan fingerprint density at radius 3 is 2.38 bits per heavy atom. The number of ether oxygens (including phenoxy) is 1. The summed E-state index contributed by atoms with van der Waals surface area (Å²) in [6.45, 7) is 0.167. The molecule has 2 aromatic carbocycles. The van der Waals surface area contributed by atoms with E-state index in [4.69, 9.17) is 4.74 Å². The molecule has 0 radical (unpaired) electrons. The Bertz CT molecular complexity index is 951. The van der Waals surface area contributed by atoms with E-state index in [-0.39, 0.29) is 11.4 Å². The maximum Gasteiger partial charge on any atom is 0.240 e. The van der Waals surface area contributed by atoms with Crippen LogP contribution in [0.3, 0.4) is 0 Å². The van der Waals surface area contributed by atoms with Gasteiger partial charge < -0.3 is 9.84 Å². The van der Waals surface area contributed by atoms with Crippen molar-refractivity contribution in [2.24, 2.45) is 0 Å². The van der Waals surface area contributed by atoms with Crippen LogP contribution >= 0.6 is 11.3 Å². The molecule has 3 aromatic rings. The van der Waals surface area contributed by atoms with Crippen molar-refractivity contribution in [1.82, 2.24) is 4.72 Å². The molecule has 0 saturated carbocycles. The van der Waals surface area contributed by atoms with Gasteiger partial charge in [-0.25, -0.2) is 13.1 Å². The molecule has 0 unspecified atom stereocenters. The Morgan fingerprint density at radius 2 is 1.73 bits per heavy atom. The van der Waals surface area contributed by atoms with Gasteiger partial charge in [-0.1, -0.05) is 30.3 Å². The second-order valence-electron chi connectivity index (χ2n) is 5.62. The van der Waals surface area contributed by atoms with Crippen molar-refractivity contribution < 1.29 is 18.3 Å². The summed E-state index contributed by atoms with van der Waals surface area (Å²) in [5.74, 6) is 0.599. The molecule has 0 aliphatic rings. The molecule has 0 aliphatic heterocycles. The highest BCUT2D eigenvalue weighted by Crippen LogP contribution is 2.28. The first-order valence-corrected chi connectivity index (χ1v) is 10.2. The summed E-state index contributed by atoms with van der Waals surface area (Å²) in [5, 5.41) is 10.4. The van der Waals surface area contributed by atoms with Crippen LogP contribution in [0.1, 0.15) is 21.4 Å². The van der Waals surface area contributed by atoms with Crippen LogP contribution in [0, 0.1) is 0 Å². The summed E-state index contributed by atoms with van der Waals surface area (Å²) in [5.41, 5.74) is 0.805. The Kier molecular flexibility index (Phi) is 5.73. The van der Waals surface area contributed by atoms with Crippen LogP contribution in [0.25, 0.3) is 0 Å². The first-order chi connectivity index (χ1) is 12.5. The monoisotopic (exact) mass is 389 g/mol. The minimum Gasteiger partial charge on any atom is -0.497 e. The number of thiophene rings is 1. The van der Waals surface area contributed by atoms with Crippen molar-refractivity contribution >= 4 is 21.4 Å². The molecule has 3 rings (SSSR count). The number of methoxy groups -OCH3 is 1. The van der Waals surface area contributed by atoms with Crippen LogP contribution < -0.4 is 9.46 Å². The van der Waals surface area contributed by atoms with Crippen molar-refractivity contribution in [3.05, 3.63) is 82.0 Å². The van der Waals surface area contributed by atoms with Gasteiger partial charge in [-0.2, -0.15) is 0 Å². The van der Waals surface area contributed by atoms with Crippen LogP contribution in [0.5, 0.6) is 5.75 Å². The number of hydrogen-bond acceptors (Lipinski definition) is 5. The normalized spacial score (nSPS) is 12.7. The Morgan fingerprint density at radius 1 is 1.04 bits per heavy atom. The van der Waals surface area contributed by atoms with Crippen LogP contribution in [0.4, 0.5) is 0 Å². The Labute approximate surface area is 156 Å². The minimum absolute atomic E-state index is 0.167. The zero-order chi connectivity index (χ0) is 18.6. The summed E-state index contributed by atoms with van der Waals surface area (Å²) >= 11 is 1.38. The van der Waals surface area contributed by atoms with Crippen molar-refractivity contribution in [3.63, 3.8) is 0 Å². The molecule has 1 heterocycles. The van der Waals surface area contributed by atoms with Gasteiger partial charge in [0.15, 0.2) is 0 Å². The molecule has 26 heavy (non-hydrogen) atoms. The molecule has 0 amide bonds. The average molecular weight is 389 g/mol. The molecule has 2 N–H and O–H groups in total. The van der Waals surface area contributed by atoms with E-state index >= 15 is 0 Å². The first kappa shape index (κ1) is 18.6. The number of aliphatic hydroxyl groups excluding tert-OH is 1. The summed E-state index contributed by atoms with van der Waals surface area (Å²) in [7, 11) is -2.08. The van der Waals surface area contributed by atoms with Crippen molar-refractivity contribution in [2.45, 2.75) is 17.5 Å². The molecule has 7 heteroatoms. The van der Waals surface area contributed by atoms with Gasteiger partial charge in [-0.05, 0) is 42.0 Å². The molecule has 1 aromatic heterocycles. The molecule has 1 atom stereocenters. The summed E-state index contributed by atoms with van der Waals surface area (Å²) in [6.07, 6.45) is -0.715. The van der Waals surface area contributed by atoms with E-state index in [9.17, 15) is 13.5 Å². The SMILES string of the molecule is COc1ccc(S(=O)(=O)NCc2ccc([C@@H](O)c3ccccc3)s2)cc1. The third-order valence-electron chi connectivity index (χ3n) is 3.87. The topological polar surface area (TPSA) is 75.6 Å². The highest BCUT2D eigenvalue weighted by molar-refractivity contribution is 7.89. The van der Waals surface area contributed by atoms with Gasteiger partial charge in [0.05, 0.1) is 12.0 Å². The fourth-order valence-corrected chi connectivity index (χ4v) is 4.51. The molecule has 0 bridgehead atoms. The summed E-state index contributed by atoms with van der Waals surface area (Å²) < 4.78 is 32.4. The third kappa shape index (κ3) is 4.31. The van der Waals surface area contributed by atoms with E-state index in [1.54, 1.807) is 12.1 Å². The maximum atomic E-state index is 12.4. The van der Waals surface area contributed by atoms with Crippen LogP contribution in [-0.2, 0) is 16.6 Å². The Balaban J connectivity index is 1.67. The van der Waals surface area contributed by atoms with Crippen LogP contribution in [0.2, 0.25) is 0 Å². The van der Waals surface area contributed by atoms with Gasteiger partial charge in [-0.15, -0.1) is 11.3 Å². The highest BCUT2D eigenvalue weighted by atomic mass is 32.2. The standard InChI is InChI=1S/C19H19NO4S2/c1-24-15-7-10-17(11-8-15)26(22,23)20-13-16-9-12-18(25-16)19(21)14-5-3-2-4-6-14/h2-12,19-21H,13H2,1H3/t19-/m0/s1. The zero-order valence-electron chi connectivity index (χ0n) is 14.1. The van der Waals surface area contributed by atoms with E-state index < -0.39 is 16.1 Å². The smallest absolute Gasteiger partial charge is 0.240 e. The van der Waals surface area contributed by atoms with Gasteiger partial charge >= 0.3 is 0 Å². The number of hydrogen-bond donors (Lipinski definition) is 2. The second-order valence-corrected chi connectivity index (χ2v) is 8.58. The molecule has 0 aliphatic carbocycles. The quantitative estimate of drug-likeness (QED) is 0.650. The van der Waals surface area contributed by atoms with Crippen LogP contribution in [-0.4, -0.2) is 20.6 Å². The molecule has 0 saturated heterocycles. The number of nitrogens with one attached hydrogen (secondary N) is 1. The third-order valence-corrected chi connectivity index (χ3v) is 6.43. The molecular formula is C19H19NO4S2. The lowest BCUT2D eigenvalue weighted by molar-refractivity contribution is 0.224. The van der Waals surface area contributed by atoms with Gasteiger partial charge in [0, 0.05) is 16.3 Å². The van der Waals surface area contributed by atoms with E-state index in [1.165, 1.54) is 30.6 Å². The van der Waals surface area contributed by atoms with E-state index in [0.29, 0.717) is 5.75 Å². The maximum absolute atomic E-state index is 12.4. The van der Waals surface area contributed by atoms with Gasteiger partial charge in [0.2, 0.25) is 10.0 Å². The van der Waals surface area contributed by atoms with E-state index in [2.05, 4.69) is 4.72 Å². The lowest BCUT2D eigenvalue weighted by Gasteiger charge is -2.08. The largest absolute Gasteiger partial charge is 0.497 e. The van der Waals surface area contributed by atoms with Gasteiger partial charge in [-0.3, -0.25) is 0 Å². The van der Waals surface area contributed by atoms with Crippen molar-refractivity contribution in [3.8, 4) is 5.75 Å². The second kappa shape index (κ2) is 8.01. The number of aliphatic hydroxyl groups is 1. The Hall–Kier alpha value is -2.19.